The Bertz CT molecular complexity index is 203. The second kappa shape index (κ2) is 3.47. The summed E-state index contributed by atoms with van der Waals surface area (Å²) >= 11 is 0. The van der Waals surface area contributed by atoms with Crippen LogP contribution >= 0.6 is 0 Å². The summed E-state index contributed by atoms with van der Waals surface area (Å²) in [6, 6.07) is 1.58. The highest BCUT2D eigenvalue weighted by Crippen LogP contribution is 2.35. The lowest BCUT2D eigenvalue weighted by Crippen LogP contribution is -2.43. The van der Waals surface area contributed by atoms with Crippen molar-refractivity contribution in [3.63, 3.8) is 0 Å². The molecule has 80 valence electrons. The zero-order chi connectivity index (χ0) is 9.54. The van der Waals surface area contributed by atoms with Gasteiger partial charge in [0.25, 0.3) is 0 Å². The van der Waals surface area contributed by atoms with E-state index in [0.29, 0.717) is 12.2 Å². The minimum Gasteiger partial charge on any atom is -0.375 e. The highest BCUT2D eigenvalue weighted by Gasteiger charge is 2.39. The van der Waals surface area contributed by atoms with E-state index in [2.05, 4.69) is 11.9 Å². The third-order valence-corrected chi connectivity index (χ3v) is 3.98. The van der Waals surface area contributed by atoms with Crippen LogP contribution in [0.4, 0.5) is 0 Å². The standard InChI is InChI=1S/C11H19NO2/c1-12-8-2-3-9(12)5-10(4-8)13-6-11-7-14-11/h8-11H,2-7H2,1H3/t8-,9-,11-/m1/s1. The van der Waals surface area contributed by atoms with Gasteiger partial charge >= 0.3 is 0 Å². The maximum Gasteiger partial charge on any atom is 0.104 e. The zero-order valence-electron chi connectivity index (χ0n) is 8.82. The van der Waals surface area contributed by atoms with E-state index in [-0.39, 0.29) is 0 Å². The fourth-order valence-corrected chi connectivity index (χ4v) is 2.91. The fraction of sp³-hybridized carbons (Fsp3) is 1.00. The summed E-state index contributed by atoms with van der Waals surface area (Å²) in [7, 11) is 2.27. The Morgan fingerprint density at radius 3 is 2.50 bits per heavy atom. The molecule has 14 heavy (non-hydrogen) atoms. The summed E-state index contributed by atoms with van der Waals surface area (Å²) in [6.07, 6.45) is 6.15. The predicted molar refractivity (Wildman–Crippen MR) is 53.3 cm³/mol. The molecule has 3 heteroatoms. The van der Waals surface area contributed by atoms with E-state index in [1.165, 1.54) is 25.7 Å². The van der Waals surface area contributed by atoms with Crippen molar-refractivity contribution in [1.29, 1.82) is 0 Å². The maximum absolute atomic E-state index is 5.88. The van der Waals surface area contributed by atoms with Gasteiger partial charge in [0.15, 0.2) is 0 Å². The molecule has 3 atom stereocenters. The van der Waals surface area contributed by atoms with Crippen LogP contribution in [0.5, 0.6) is 0 Å². The van der Waals surface area contributed by atoms with E-state index in [1.54, 1.807) is 0 Å². The molecule has 0 radical (unpaired) electrons. The molecule has 3 aliphatic heterocycles. The monoisotopic (exact) mass is 197 g/mol. The topological polar surface area (TPSA) is 25.0 Å². The van der Waals surface area contributed by atoms with Crippen molar-refractivity contribution in [2.45, 2.75) is 50.0 Å². The average Bonchev–Trinajstić information content (AvgIpc) is 2.97. The highest BCUT2D eigenvalue weighted by molar-refractivity contribution is 4.94. The van der Waals surface area contributed by atoms with E-state index >= 15 is 0 Å². The summed E-state index contributed by atoms with van der Waals surface area (Å²) < 4.78 is 11.0. The van der Waals surface area contributed by atoms with Crippen molar-refractivity contribution in [2.24, 2.45) is 0 Å². The first kappa shape index (κ1) is 9.13. The molecule has 0 spiro atoms. The van der Waals surface area contributed by atoms with Crippen molar-refractivity contribution < 1.29 is 9.47 Å². The second-order valence-electron chi connectivity index (χ2n) is 4.93. The summed E-state index contributed by atoms with van der Waals surface area (Å²) in [5.41, 5.74) is 0. The number of hydrogen-bond acceptors (Lipinski definition) is 3. The van der Waals surface area contributed by atoms with Gasteiger partial charge in [0.05, 0.1) is 19.3 Å². The van der Waals surface area contributed by atoms with Crippen molar-refractivity contribution in [3.05, 3.63) is 0 Å². The van der Waals surface area contributed by atoms with E-state index < -0.39 is 0 Å². The van der Waals surface area contributed by atoms with Crippen LogP contribution in [0.2, 0.25) is 0 Å². The molecule has 3 aliphatic rings. The van der Waals surface area contributed by atoms with Gasteiger partial charge in [-0.25, -0.2) is 0 Å². The van der Waals surface area contributed by atoms with Gasteiger partial charge in [-0.15, -0.1) is 0 Å². The van der Waals surface area contributed by atoms with Crippen LogP contribution in [0.1, 0.15) is 25.7 Å². The van der Waals surface area contributed by atoms with E-state index in [1.807, 2.05) is 0 Å². The molecular formula is C11H19NO2. The average molecular weight is 197 g/mol. The zero-order valence-corrected chi connectivity index (χ0v) is 8.82. The number of rotatable bonds is 3. The lowest BCUT2D eigenvalue weighted by molar-refractivity contribution is -0.0175. The third kappa shape index (κ3) is 1.69. The van der Waals surface area contributed by atoms with Crippen LogP contribution in [0.15, 0.2) is 0 Å². The van der Waals surface area contributed by atoms with Crippen molar-refractivity contribution in [1.82, 2.24) is 4.90 Å². The molecule has 0 unspecified atom stereocenters. The Morgan fingerprint density at radius 2 is 1.93 bits per heavy atom. The Hall–Kier alpha value is -0.120. The lowest BCUT2D eigenvalue weighted by Gasteiger charge is -2.36. The van der Waals surface area contributed by atoms with Crippen LogP contribution in [0, 0.1) is 0 Å². The molecule has 0 N–H and O–H groups in total. The Balaban J connectivity index is 1.51. The maximum atomic E-state index is 5.88. The first-order valence-corrected chi connectivity index (χ1v) is 5.78. The second-order valence-corrected chi connectivity index (χ2v) is 4.93. The number of ether oxygens (including phenoxy) is 2. The van der Waals surface area contributed by atoms with Crippen molar-refractivity contribution in [3.8, 4) is 0 Å². The SMILES string of the molecule is CN1[C@@H]2CC[C@@H]1CC(OC[C@@H]1CO1)C2. The first-order valence-electron chi connectivity index (χ1n) is 5.78. The van der Waals surface area contributed by atoms with Crippen molar-refractivity contribution >= 4 is 0 Å². The Morgan fingerprint density at radius 1 is 1.29 bits per heavy atom. The van der Waals surface area contributed by atoms with E-state index in [9.17, 15) is 0 Å². The number of fused-ring (bicyclic) bond motifs is 2. The molecule has 3 rings (SSSR count). The van der Waals surface area contributed by atoms with E-state index in [4.69, 9.17) is 9.47 Å². The van der Waals surface area contributed by atoms with Gasteiger partial charge in [-0.3, -0.25) is 0 Å². The van der Waals surface area contributed by atoms with E-state index in [0.717, 1.165) is 25.3 Å². The molecule has 3 fully saturated rings. The Kier molecular flexibility index (Phi) is 2.26. The van der Waals surface area contributed by atoms with Crippen LogP contribution < -0.4 is 0 Å². The predicted octanol–water partition coefficient (Wildman–Crippen LogP) is 1.03. The van der Waals surface area contributed by atoms with Gasteiger partial charge in [-0.05, 0) is 32.7 Å². The molecule has 0 saturated carbocycles. The largest absolute Gasteiger partial charge is 0.375 e. The highest BCUT2D eigenvalue weighted by atomic mass is 16.6. The molecule has 0 aromatic heterocycles. The van der Waals surface area contributed by atoms with Crippen LogP contribution in [-0.4, -0.2) is 49.5 Å². The molecule has 2 bridgehead atoms. The molecule has 0 aromatic carbocycles. The number of piperidine rings is 1. The molecule has 3 saturated heterocycles. The Labute approximate surface area is 85.4 Å². The van der Waals surface area contributed by atoms with Gasteiger partial charge in [-0.2, -0.15) is 0 Å². The van der Waals surface area contributed by atoms with Gasteiger partial charge in [0.2, 0.25) is 0 Å². The van der Waals surface area contributed by atoms with Crippen LogP contribution in [0.3, 0.4) is 0 Å². The number of epoxide rings is 1. The minimum atomic E-state index is 0.423. The normalized spacial score (nSPS) is 46.9. The molecule has 3 heterocycles. The molecule has 3 nitrogen and oxygen atoms in total. The molecule has 0 amide bonds. The summed E-state index contributed by atoms with van der Waals surface area (Å²) in [5.74, 6) is 0. The quantitative estimate of drug-likeness (QED) is 0.632. The van der Waals surface area contributed by atoms with Crippen LogP contribution in [-0.2, 0) is 9.47 Å². The first-order chi connectivity index (χ1) is 6.83. The lowest BCUT2D eigenvalue weighted by atomic mass is 10.0. The molecule has 0 aromatic rings. The summed E-state index contributed by atoms with van der Waals surface area (Å²) in [5, 5.41) is 0. The van der Waals surface area contributed by atoms with Gasteiger partial charge < -0.3 is 14.4 Å². The smallest absolute Gasteiger partial charge is 0.104 e. The van der Waals surface area contributed by atoms with Gasteiger partial charge in [-0.1, -0.05) is 0 Å². The minimum absolute atomic E-state index is 0.423. The summed E-state index contributed by atoms with van der Waals surface area (Å²) in [4.78, 5) is 2.55. The van der Waals surface area contributed by atoms with Gasteiger partial charge in [0.1, 0.15) is 6.10 Å². The molecular weight excluding hydrogens is 178 g/mol. The number of nitrogens with zero attached hydrogens (tertiary/aromatic N) is 1. The van der Waals surface area contributed by atoms with Crippen molar-refractivity contribution in [2.75, 3.05) is 20.3 Å². The summed E-state index contributed by atoms with van der Waals surface area (Å²) in [6.45, 7) is 1.74. The number of hydrogen-bond donors (Lipinski definition) is 0. The third-order valence-electron chi connectivity index (χ3n) is 3.98. The van der Waals surface area contributed by atoms with Crippen LogP contribution in [0.25, 0.3) is 0 Å². The molecule has 0 aliphatic carbocycles. The fourth-order valence-electron chi connectivity index (χ4n) is 2.91. The van der Waals surface area contributed by atoms with Gasteiger partial charge in [0, 0.05) is 12.1 Å².